The maximum Gasteiger partial charge on any atom is 0.347 e. The Balaban J connectivity index is 1.52. The van der Waals surface area contributed by atoms with Gasteiger partial charge in [-0.25, -0.2) is 9.78 Å². The zero-order valence-electron chi connectivity index (χ0n) is 20.5. The number of nitrogen functional groups attached to an aromatic ring is 4. The summed E-state index contributed by atoms with van der Waals surface area (Å²) < 4.78 is 1.09. The molecule has 2 aromatic heterocycles. The lowest BCUT2D eigenvalue weighted by atomic mass is 10.0. The molecule has 0 radical (unpaired) electrons. The first-order chi connectivity index (χ1) is 18.9. The Hall–Kier alpha value is -4.30. The number of aromatic nitrogens is 3. The fraction of sp³-hybridized carbons (Fsp3) is 0.300. The molecule has 40 heavy (non-hydrogen) atoms. The number of thiazole rings is 1. The number of aliphatic carboxylic acids is 2. The van der Waals surface area contributed by atoms with Gasteiger partial charge < -0.3 is 42.4 Å². The molecule has 4 heterocycles. The van der Waals surface area contributed by atoms with Crippen LogP contribution in [0.15, 0.2) is 33.0 Å². The zero-order valence-corrected chi connectivity index (χ0v) is 22.9. The molecule has 0 bridgehead atoms. The van der Waals surface area contributed by atoms with Crippen molar-refractivity contribution in [2.24, 2.45) is 5.16 Å². The Morgan fingerprint density at radius 3 is 2.73 bits per heavy atom. The second kappa shape index (κ2) is 11.4. The largest absolute Gasteiger partial charge is 0.543 e. The first kappa shape index (κ1) is 28.7. The molecular formula is C20H22N10O7S3. The Bertz CT molecular complexity index is 1460. The van der Waals surface area contributed by atoms with Gasteiger partial charge in [-0.1, -0.05) is 10.1 Å². The number of β-lactam (4-membered cyclic amide) rings is 1. The highest BCUT2D eigenvalue weighted by Crippen LogP contribution is 2.41. The molecule has 4 rings (SSSR count). The maximum atomic E-state index is 13.1. The molecule has 1 saturated heterocycles. The Morgan fingerprint density at radius 2 is 2.10 bits per heavy atom. The molecule has 0 saturated carbocycles. The molecule has 212 valence electrons. The fourth-order valence-electron chi connectivity index (χ4n) is 3.55. The third kappa shape index (κ3) is 5.67. The summed E-state index contributed by atoms with van der Waals surface area (Å²) in [6.45, 7) is 1.21. The topological polar surface area (TPSA) is 282 Å². The molecule has 1 fully saturated rings. The van der Waals surface area contributed by atoms with E-state index in [1.54, 1.807) is 0 Å². The van der Waals surface area contributed by atoms with Crippen LogP contribution in [0.3, 0.4) is 0 Å². The van der Waals surface area contributed by atoms with Gasteiger partial charge in [0.05, 0.1) is 17.7 Å². The standard InChI is InChI=1S/C20H22N10O7S3/c1-6(17(33)34)37-28-11(8-5-39-19(23)25-8)14(31)27-12-15(32)29-13(18(35)36)7(3-38-16(12)29)4-40-20-26-9(21)2-10(22)30(20)24/h2,5-6,12,16H,3-4,24H2,1H3,(H8,21,22,23,25,27,31,33,34,35,36)/b28-11-/t6-,12?,16?/m1/s1. The van der Waals surface area contributed by atoms with Gasteiger partial charge in [0.2, 0.25) is 17.7 Å². The van der Waals surface area contributed by atoms with Gasteiger partial charge in [0.1, 0.15) is 17.1 Å². The highest BCUT2D eigenvalue weighted by atomic mass is 32.2. The highest BCUT2D eigenvalue weighted by molar-refractivity contribution is 8.01. The lowest BCUT2D eigenvalue weighted by Gasteiger charge is -2.50. The molecule has 0 aliphatic carbocycles. The number of amides is 2. The van der Waals surface area contributed by atoms with Crippen LogP contribution >= 0.6 is 34.9 Å². The molecule has 0 aromatic carbocycles. The van der Waals surface area contributed by atoms with Crippen LogP contribution in [0.1, 0.15) is 12.6 Å². The van der Waals surface area contributed by atoms with E-state index < -0.39 is 47.0 Å². The van der Waals surface area contributed by atoms with E-state index in [1.165, 1.54) is 30.1 Å². The van der Waals surface area contributed by atoms with Gasteiger partial charge >= 0.3 is 11.1 Å². The SMILES string of the molecule is C[C@@H](O/N=C(\C(=O)NC1C(=O)N2C(C(=O)[O-])=C(CSc3nc(N)cc(N)[n+]3N)CSC12)c1csc(N)n1)C(=O)O. The Morgan fingerprint density at radius 1 is 1.38 bits per heavy atom. The average molecular weight is 611 g/mol. The number of nitrogens with zero attached hydrogens (tertiary/aromatic N) is 5. The van der Waals surface area contributed by atoms with Crippen LogP contribution in [0.4, 0.5) is 16.8 Å². The molecule has 2 aliphatic heterocycles. The minimum Gasteiger partial charge on any atom is -0.543 e. The third-order valence-corrected chi connectivity index (χ3v) is 8.59. The van der Waals surface area contributed by atoms with Crippen molar-refractivity contribution in [3.05, 3.63) is 28.4 Å². The fourth-order valence-corrected chi connectivity index (χ4v) is 6.53. The van der Waals surface area contributed by atoms with E-state index in [-0.39, 0.29) is 44.8 Å². The summed E-state index contributed by atoms with van der Waals surface area (Å²) in [5, 5.41) is 28.2. The minimum absolute atomic E-state index is 0.0000780. The van der Waals surface area contributed by atoms with E-state index in [1.807, 2.05) is 0 Å². The van der Waals surface area contributed by atoms with Crippen LogP contribution in [0, 0.1) is 0 Å². The number of rotatable bonds is 10. The summed E-state index contributed by atoms with van der Waals surface area (Å²) in [4.78, 5) is 63.2. The van der Waals surface area contributed by atoms with Crippen LogP contribution in [0.2, 0.25) is 0 Å². The van der Waals surface area contributed by atoms with Crippen molar-refractivity contribution < 1.29 is 38.9 Å². The molecule has 2 unspecified atom stereocenters. The van der Waals surface area contributed by atoms with Crippen molar-refractivity contribution in [1.82, 2.24) is 20.2 Å². The zero-order chi connectivity index (χ0) is 29.3. The van der Waals surface area contributed by atoms with Gasteiger partial charge in [0.15, 0.2) is 10.8 Å². The van der Waals surface area contributed by atoms with Crippen molar-refractivity contribution in [3.8, 4) is 0 Å². The molecule has 0 spiro atoms. The van der Waals surface area contributed by atoms with Crippen molar-refractivity contribution in [3.63, 3.8) is 0 Å². The first-order valence-corrected chi connectivity index (χ1v) is 14.0. The van der Waals surface area contributed by atoms with Gasteiger partial charge in [0.25, 0.3) is 11.8 Å². The Labute approximate surface area is 237 Å². The van der Waals surface area contributed by atoms with Gasteiger partial charge in [-0.3, -0.25) is 20.3 Å². The van der Waals surface area contributed by atoms with Crippen molar-refractivity contribution in [2.45, 2.75) is 29.6 Å². The number of anilines is 3. The van der Waals surface area contributed by atoms with Gasteiger partial charge in [0, 0.05) is 16.9 Å². The van der Waals surface area contributed by atoms with E-state index in [0.717, 1.165) is 32.7 Å². The summed E-state index contributed by atoms with van der Waals surface area (Å²) >= 11 is 3.28. The van der Waals surface area contributed by atoms with Crippen LogP contribution in [-0.4, -0.2) is 78.5 Å². The van der Waals surface area contributed by atoms with E-state index in [2.05, 4.69) is 20.4 Å². The number of carboxylic acids is 2. The highest BCUT2D eigenvalue weighted by Gasteiger charge is 2.53. The summed E-state index contributed by atoms with van der Waals surface area (Å²) in [5.74, 6) is 1.90. The Kier molecular flexibility index (Phi) is 8.21. The van der Waals surface area contributed by atoms with Gasteiger partial charge in [-0.15, -0.1) is 27.8 Å². The second-order valence-electron chi connectivity index (χ2n) is 8.24. The van der Waals surface area contributed by atoms with Gasteiger partial charge in [-0.05, 0) is 24.3 Å². The number of nitrogens with one attached hydrogen (secondary N) is 1. The normalized spacial score (nSPS) is 19.5. The number of carbonyl (C=O) groups excluding carboxylic acids is 3. The monoisotopic (exact) mass is 610 g/mol. The van der Waals surface area contributed by atoms with Crippen molar-refractivity contribution in [1.29, 1.82) is 0 Å². The summed E-state index contributed by atoms with van der Waals surface area (Å²) in [6, 6.07) is 0.239. The lowest BCUT2D eigenvalue weighted by molar-refractivity contribution is -0.667. The second-order valence-corrected chi connectivity index (χ2v) is 11.2. The van der Waals surface area contributed by atoms with Crippen LogP contribution in [0.25, 0.3) is 0 Å². The van der Waals surface area contributed by atoms with Crippen molar-refractivity contribution in [2.75, 3.05) is 34.5 Å². The number of thioether (sulfide) groups is 2. The predicted molar refractivity (Wildman–Crippen MR) is 142 cm³/mol. The minimum atomic E-state index is -1.57. The molecule has 20 heteroatoms. The smallest absolute Gasteiger partial charge is 0.347 e. The predicted octanol–water partition coefficient (Wildman–Crippen LogP) is -3.32. The third-order valence-electron chi connectivity index (χ3n) is 5.54. The molecule has 2 aliphatic rings. The van der Waals surface area contributed by atoms with E-state index in [9.17, 15) is 24.3 Å². The summed E-state index contributed by atoms with van der Waals surface area (Å²) in [7, 11) is 0. The molecule has 10 N–H and O–H groups in total. The first-order valence-electron chi connectivity index (χ1n) is 11.1. The summed E-state index contributed by atoms with van der Waals surface area (Å²) in [5.41, 5.74) is 16.8. The number of fused-ring (bicyclic) bond motifs is 1. The number of carboxylic acid groups (broad SMARTS) is 2. The van der Waals surface area contributed by atoms with E-state index in [4.69, 9.17) is 33.0 Å². The molecule has 3 atom stereocenters. The molecular weight excluding hydrogens is 588 g/mol. The van der Waals surface area contributed by atoms with Crippen LogP contribution in [0.5, 0.6) is 0 Å². The number of nitrogens with two attached hydrogens (primary N) is 4. The quantitative estimate of drug-likeness (QED) is 0.0292. The lowest BCUT2D eigenvalue weighted by Crippen LogP contribution is -2.71. The van der Waals surface area contributed by atoms with Gasteiger partial charge in [-0.2, -0.15) is 0 Å². The van der Waals surface area contributed by atoms with Crippen LogP contribution in [-0.2, 0) is 24.0 Å². The number of oxime groups is 1. The average Bonchev–Trinajstić information content (AvgIpc) is 3.33. The number of hydrogen-bond acceptors (Lipinski definition) is 16. The molecule has 2 aromatic rings. The molecule has 2 amide bonds. The number of hydrogen-bond donors (Lipinski definition) is 6. The van der Waals surface area contributed by atoms with E-state index >= 15 is 0 Å². The van der Waals surface area contributed by atoms with Crippen LogP contribution < -0.4 is 38.1 Å². The number of carbonyl (C=O) groups is 4. The molecule has 17 nitrogen and oxygen atoms in total. The maximum absolute atomic E-state index is 13.1. The van der Waals surface area contributed by atoms with E-state index in [0.29, 0.717) is 5.57 Å². The summed E-state index contributed by atoms with van der Waals surface area (Å²) in [6.07, 6.45) is -1.38. The van der Waals surface area contributed by atoms with Crippen molar-refractivity contribution >= 4 is 81.1 Å².